The Labute approximate surface area is 116 Å². The third kappa shape index (κ3) is 3.93. The van der Waals surface area contributed by atoms with E-state index in [1.807, 2.05) is 0 Å². The van der Waals surface area contributed by atoms with Gasteiger partial charge in [0.15, 0.2) is 0 Å². The van der Waals surface area contributed by atoms with E-state index in [9.17, 15) is 4.79 Å². The Kier molecular flexibility index (Phi) is 5.22. The average Bonchev–Trinajstić information content (AvgIpc) is 2.88. The highest BCUT2D eigenvalue weighted by Gasteiger charge is 2.34. The van der Waals surface area contributed by atoms with Crippen molar-refractivity contribution in [3.63, 3.8) is 0 Å². The molecule has 110 valence electrons. The van der Waals surface area contributed by atoms with Crippen molar-refractivity contribution in [2.24, 2.45) is 17.6 Å². The summed E-state index contributed by atoms with van der Waals surface area (Å²) in [5, 5.41) is 6.66. The van der Waals surface area contributed by atoms with Crippen molar-refractivity contribution in [1.29, 1.82) is 0 Å². The Balaban J connectivity index is 1.79. The molecular formula is C15H29N3O. The molecular weight excluding hydrogens is 238 g/mol. The van der Waals surface area contributed by atoms with Crippen LogP contribution in [-0.2, 0) is 4.79 Å². The lowest BCUT2D eigenvalue weighted by Crippen LogP contribution is -2.52. The smallest absolute Gasteiger partial charge is 0.220 e. The van der Waals surface area contributed by atoms with Gasteiger partial charge in [-0.2, -0.15) is 0 Å². The molecule has 0 spiro atoms. The fraction of sp³-hybridized carbons (Fsp3) is 0.933. The minimum Gasteiger partial charge on any atom is -0.349 e. The molecule has 4 N–H and O–H groups in total. The fourth-order valence-corrected chi connectivity index (χ4v) is 3.60. The van der Waals surface area contributed by atoms with Crippen LogP contribution in [0.25, 0.3) is 0 Å². The Hall–Kier alpha value is -0.610. The molecule has 4 nitrogen and oxygen atoms in total. The van der Waals surface area contributed by atoms with Crippen LogP contribution in [0.3, 0.4) is 0 Å². The van der Waals surface area contributed by atoms with Crippen LogP contribution >= 0.6 is 0 Å². The highest BCUT2D eigenvalue weighted by molar-refractivity contribution is 5.77. The van der Waals surface area contributed by atoms with Gasteiger partial charge in [-0.05, 0) is 50.6 Å². The van der Waals surface area contributed by atoms with Gasteiger partial charge in [0.25, 0.3) is 0 Å². The van der Waals surface area contributed by atoms with Crippen molar-refractivity contribution in [1.82, 2.24) is 10.6 Å². The summed E-state index contributed by atoms with van der Waals surface area (Å²) in [5.74, 6) is 1.31. The van der Waals surface area contributed by atoms with Crippen LogP contribution in [0.2, 0.25) is 0 Å². The number of hydrogen-bond donors (Lipinski definition) is 3. The molecule has 2 rings (SSSR count). The van der Waals surface area contributed by atoms with Crippen LogP contribution in [0.1, 0.15) is 51.9 Å². The number of amides is 1. The van der Waals surface area contributed by atoms with Gasteiger partial charge in [-0.25, -0.2) is 0 Å². The summed E-state index contributed by atoms with van der Waals surface area (Å²) >= 11 is 0. The molecule has 0 bridgehead atoms. The molecule has 0 aromatic heterocycles. The van der Waals surface area contributed by atoms with Crippen LogP contribution in [0, 0.1) is 11.8 Å². The lowest BCUT2D eigenvalue weighted by Gasteiger charge is -2.31. The number of rotatable bonds is 5. The van der Waals surface area contributed by atoms with Crippen LogP contribution in [0.4, 0.5) is 0 Å². The van der Waals surface area contributed by atoms with Crippen molar-refractivity contribution >= 4 is 5.91 Å². The molecule has 0 aromatic carbocycles. The first-order valence-corrected chi connectivity index (χ1v) is 7.87. The highest BCUT2D eigenvalue weighted by atomic mass is 16.1. The maximum absolute atomic E-state index is 12.2. The summed E-state index contributed by atoms with van der Waals surface area (Å²) in [6.07, 6.45) is 7.63. The maximum atomic E-state index is 12.2. The summed E-state index contributed by atoms with van der Waals surface area (Å²) in [4.78, 5) is 12.2. The first kappa shape index (κ1) is 14.8. The van der Waals surface area contributed by atoms with Crippen LogP contribution < -0.4 is 16.4 Å². The minimum absolute atomic E-state index is 0.0956. The van der Waals surface area contributed by atoms with E-state index in [0.717, 1.165) is 25.9 Å². The van der Waals surface area contributed by atoms with Gasteiger partial charge < -0.3 is 16.4 Å². The summed E-state index contributed by atoms with van der Waals surface area (Å²) in [6, 6.07) is 0. The van der Waals surface area contributed by atoms with Gasteiger partial charge in [-0.15, -0.1) is 0 Å². The maximum Gasteiger partial charge on any atom is 0.220 e. The zero-order valence-corrected chi connectivity index (χ0v) is 12.2. The van der Waals surface area contributed by atoms with Crippen molar-refractivity contribution < 1.29 is 4.79 Å². The summed E-state index contributed by atoms with van der Waals surface area (Å²) < 4.78 is 0. The predicted octanol–water partition coefficient (Wildman–Crippen LogP) is 1.40. The molecule has 1 saturated carbocycles. The van der Waals surface area contributed by atoms with E-state index in [1.165, 1.54) is 25.7 Å². The number of piperidine rings is 1. The van der Waals surface area contributed by atoms with Gasteiger partial charge >= 0.3 is 0 Å². The molecule has 1 aliphatic heterocycles. The Morgan fingerprint density at radius 1 is 1.42 bits per heavy atom. The van der Waals surface area contributed by atoms with Gasteiger partial charge in [0.2, 0.25) is 5.91 Å². The quantitative estimate of drug-likeness (QED) is 0.705. The second-order valence-electron chi connectivity index (χ2n) is 6.53. The van der Waals surface area contributed by atoms with Crippen LogP contribution in [0.5, 0.6) is 0 Å². The third-order valence-corrected chi connectivity index (χ3v) is 5.00. The standard InChI is InChI=1S/C15H29N3O/c1-12(13-5-4-8-17-10-13)9-14(19)18-15(11-16)6-2-3-7-15/h12-13,17H,2-11,16H2,1H3,(H,18,19). The second kappa shape index (κ2) is 6.71. The summed E-state index contributed by atoms with van der Waals surface area (Å²) in [7, 11) is 0. The first-order valence-electron chi connectivity index (χ1n) is 7.87. The molecule has 0 radical (unpaired) electrons. The number of carbonyl (C=O) groups excluding carboxylic acids is 1. The lowest BCUT2D eigenvalue weighted by atomic mass is 9.85. The Bertz CT molecular complexity index is 294. The van der Waals surface area contributed by atoms with E-state index >= 15 is 0 Å². The molecule has 1 amide bonds. The van der Waals surface area contributed by atoms with Crippen molar-refractivity contribution in [2.75, 3.05) is 19.6 Å². The molecule has 1 heterocycles. The Morgan fingerprint density at radius 2 is 2.16 bits per heavy atom. The molecule has 2 fully saturated rings. The molecule has 2 atom stereocenters. The topological polar surface area (TPSA) is 67.2 Å². The highest BCUT2D eigenvalue weighted by Crippen LogP contribution is 2.29. The summed E-state index contributed by atoms with van der Waals surface area (Å²) in [6.45, 7) is 4.99. The summed E-state index contributed by atoms with van der Waals surface area (Å²) in [5.41, 5.74) is 5.77. The fourth-order valence-electron chi connectivity index (χ4n) is 3.60. The van der Waals surface area contributed by atoms with Crippen molar-refractivity contribution in [3.05, 3.63) is 0 Å². The monoisotopic (exact) mass is 267 g/mol. The molecule has 19 heavy (non-hydrogen) atoms. The third-order valence-electron chi connectivity index (χ3n) is 5.00. The number of hydrogen-bond acceptors (Lipinski definition) is 3. The second-order valence-corrected chi connectivity index (χ2v) is 6.53. The van der Waals surface area contributed by atoms with Crippen LogP contribution in [-0.4, -0.2) is 31.1 Å². The van der Waals surface area contributed by atoms with Crippen LogP contribution in [0.15, 0.2) is 0 Å². The molecule has 1 aliphatic carbocycles. The van der Waals surface area contributed by atoms with Gasteiger partial charge in [0.1, 0.15) is 0 Å². The normalized spacial score (nSPS) is 28.0. The predicted molar refractivity (Wildman–Crippen MR) is 77.8 cm³/mol. The van der Waals surface area contributed by atoms with Gasteiger partial charge in [-0.1, -0.05) is 19.8 Å². The van der Waals surface area contributed by atoms with E-state index < -0.39 is 0 Å². The number of nitrogens with two attached hydrogens (primary N) is 1. The van der Waals surface area contributed by atoms with Crippen molar-refractivity contribution in [2.45, 2.75) is 57.4 Å². The van der Waals surface area contributed by atoms with Gasteiger partial charge in [0, 0.05) is 13.0 Å². The zero-order valence-electron chi connectivity index (χ0n) is 12.2. The molecule has 1 saturated heterocycles. The molecule has 2 aliphatic rings. The largest absolute Gasteiger partial charge is 0.349 e. The number of carbonyl (C=O) groups is 1. The minimum atomic E-state index is -0.0956. The molecule has 2 unspecified atom stereocenters. The van der Waals surface area contributed by atoms with E-state index in [-0.39, 0.29) is 11.4 Å². The van der Waals surface area contributed by atoms with Gasteiger partial charge in [-0.3, -0.25) is 4.79 Å². The number of nitrogens with one attached hydrogen (secondary N) is 2. The van der Waals surface area contributed by atoms with E-state index in [4.69, 9.17) is 5.73 Å². The van der Waals surface area contributed by atoms with E-state index in [0.29, 0.717) is 24.8 Å². The first-order chi connectivity index (χ1) is 9.15. The van der Waals surface area contributed by atoms with Gasteiger partial charge in [0.05, 0.1) is 5.54 Å². The SMILES string of the molecule is CC(CC(=O)NC1(CN)CCCC1)C1CCCNC1. The molecule has 4 heteroatoms. The molecule has 0 aromatic rings. The van der Waals surface area contributed by atoms with E-state index in [1.54, 1.807) is 0 Å². The van der Waals surface area contributed by atoms with E-state index in [2.05, 4.69) is 17.6 Å². The lowest BCUT2D eigenvalue weighted by molar-refractivity contribution is -0.124. The average molecular weight is 267 g/mol. The zero-order chi connectivity index (χ0) is 13.7. The van der Waals surface area contributed by atoms with Crippen molar-refractivity contribution in [3.8, 4) is 0 Å². The Morgan fingerprint density at radius 3 is 2.74 bits per heavy atom.